The lowest BCUT2D eigenvalue weighted by Gasteiger charge is -2.08. The van der Waals surface area contributed by atoms with Gasteiger partial charge in [0.05, 0.1) is 39.3 Å². The number of aliphatic hydroxyl groups is 1. The summed E-state index contributed by atoms with van der Waals surface area (Å²) in [6.07, 6.45) is 10.6. The summed E-state index contributed by atoms with van der Waals surface area (Å²) in [5, 5.41) is 8.50. The monoisotopic (exact) mass is 268 g/mol. The summed E-state index contributed by atoms with van der Waals surface area (Å²) in [7, 11) is 0. The lowest BCUT2D eigenvalue weighted by Crippen LogP contribution is -2.09. The van der Waals surface area contributed by atoms with Crippen molar-refractivity contribution in [3.8, 4) is 0 Å². The van der Waals surface area contributed by atoms with Gasteiger partial charge in [0.2, 0.25) is 0 Å². The SMILES string of the molecule is C/C(=C\OCCOCCOCCO)C1=CCCC=C1. The smallest absolute Gasteiger partial charge is 0.111 e. The molecule has 0 fully saturated rings. The number of ether oxygens (including phenoxy) is 3. The minimum Gasteiger partial charge on any atom is -0.498 e. The van der Waals surface area contributed by atoms with E-state index in [2.05, 4.69) is 18.2 Å². The topological polar surface area (TPSA) is 47.9 Å². The number of allylic oxidation sites excluding steroid dienone is 5. The minimum atomic E-state index is 0.0531. The Hall–Kier alpha value is -1.10. The van der Waals surface area contributed by atoms with E-state index in [0.29, 0.717) is 33.0 Å². The van der Waals surface area contributed by atoms with Crippen LogP contribution in [-0.4, -0.2) is 44.7 Å². The van der Waals surface area contributed by atoms with Gasteiger partial charge in [0.15, 0.2) is 0 Å². The van der Waals surface area contributed by atoms with Crippen molar-refractivity contribution in [1.82, 2.24) is 0 Å². The summed E-state index contributed by atoms with van der Waals surface area (Å²) in [4.78, 5) is 0. The first-order valence-electron chi connectivity index (χ1n) is 6.76. The summed E-state index contributed by atoms with van der Waals surface area (Å²) >= 11 is 0. The van der Waals surface area contributed by atoms with Gasteiger partial charge in [-0.3, -0.25) is 0 Å². The van der Waals surface area contributed by atoms with Gasteiger partial charge in [-0.2, -0.15) is 0 Å². The third-order valence-electron chi connectivity index (χ3n) is 2.66. The molecule has 0 atom stereocenters. The summed E-state index contributed by atoms with van der Waals surface area (Å²) in [5.74, 6) is 0. The molecular formula is C15H24O4. The average Bonchev–Trinajstić information content (AvgIpc) is 2.46. The molecule has 0 saturated carbocycles. The Morgan fingerprint density at radius 3 is 2.58 bits per heavy atom. The Balaban J connectivity index is 2.00. The minimum absolute atomic E-state index is 0.0531. The highest BCUT2D eigenvalue weighted by molar-refractivity contribution is 5.39. The second-order valence-electron chi connectivity index (χ2n) is 4.26. The van der Waals surface area contributed by atoms with E-state index in [0.717, 1.165) is 18.4 Å². The van der Waals surface area contributed by atoms with E-state index in [1.165, 1.54) is 5.57 Å². The first-order valence-corrected chi connectivity index (χ1v) is 6.76. The van der Waals surface area contributed by atoms with E-state index in [9.17, 15) is 0 Å². The van der Waals surface area contributed by atoms with Crippen LogP contribution in [0, 0.1) is 0 Å². The zero-order valence-electron chi connectivity index (χ0n) is 11.6. The molecule has 0 bridgehead atoms. The van der Waals surface area contributed by atoms with Gasteiger partial charge in [0.25, 0.3) is 0 Å². The summed E-state index contributed by atoms with van der Waals surface area (Å²) in [6, 6.07) is 0. The molecular weight excluding hydrogens is 244 g/mol. The van der Waals surface area contributed by atoms with Crippen LogP contribution in [0.5, 0.6) is 0 Å². The first kappa shape index (κ1) is 16.0. The fourth-order valence-electron chi connectivity index (χ4n) is 1.65. The van der Waals surface area contributed by atoms with Gasteiger partial charge >= 0.3 is 0 Å². The molecule has 0 radical (unpaired) electrons. The second kappa shape index (κ2) is 10.8. The van der Waals surface area contributed by atoms with Crippen LogP contribution in [0.4, 0.5) is 0 Å². The molecule has 1 aliphatic carbocycles. The van der Waals surface area contributed by atoms with Gasteiger partial charge in [0, 0.05) is 0 Å². The molecule has 1 rings (SSSR count). The van der Waals surface area contributed by atoms with E-state index in [1.54, 1.807) is 6.26 Å². The Morgan fingerprint density at radius 1 is 1.16 bits per heavy atom. The number of hydrogen-bond donors (Lipinski definition) is 1. The second-order valence-corrected chi connectivity index (χ2v) is 4.26. The normalized spacial score (nSPS) is 15.5. The molecule has 1 N–H and O–H groups in total. The van der Waals surface area contributed by atoms with Crippen LogP contribution in [0.15, 0.2) is 35.6 Å². The molecule has 0 saturated heterocycles. The van der Waals surface area contributed by atoms with Crippen molar-refractivity contribution in [2.75, 3.05) is 39.6 Å². The van der Waals surface area contributed by atoms with Crippen LogP contribution in [0.3, 0.4) is 0 Å². The predicted octanol–water partition coefficient (Wildman–Crippen LogP) is 2.21. The molecule has 0 aromatic heterocycles. The van der Waals surface area contributed by atoms with Crippen molar-refractivity contribution < 1.29 is 19.3 Å². The first-order chi connectivity index (χ1) is 9.34. The van der Waals surface area contributed by atoms with Gasteiger partial charge in [-0.15, -0.1) is 0 Å². The zero-order chi connectivity index (χ0) is 13.8. The average molecular weight is 268 g/mol. The van der Waals surface area contributed by atoms with Crippen LogP contribution < -0.4 is 0 Å². The van der Waals surface area contributed by atoms with Crippen molar-refractivity contribution in [1.29, 1.82) is 0 Å². The van der Waals surface area contributed by atoms with Crippen LogP contribution in [0.2, 0.25) is 0 Å². The van der Waals surface area contributed by atoms with Crippen LogP contribution >= 0.6 is 0 Å². The molecule has 1 aliphatic rings. The maximum absolute atomic E-state index is 8.50. The lowest BCUT2D eigenvalue weighted by molar-refractivity contribution is 0.0202. The van der Waals surface area contributed by atoms with E-state index in [-0.39, 0.29) is 6.61 Å². The highest BCUT2D eigenvalue weighted by Gasteiger charge is 1.99. The molecule has 0 amide bonds. The van der Waals surface area contributed by atoms with Gasteiger partial charge in [0.1, 0.15) is 6.61 Å². The fourth-order valence-corrected chi connectivity index (χ4v) is 1.65. The van der Waals surface area contributed by atoms with Crippen LogP contribution in [0.1, 0.15) is 19.8 Å². The van der Waals surface area contributed by atoms with Crippen molar-refractivity contribution in [2.24, 2.45) is 0 Å². The van der Waals surface area contributed by atoms with Crippen LogP contribution in [-0.2, 0) is 14.2 Å². The standard InChI is InChI=1S/C15H24O4/c1-14(15-5-3-2-4-6-15)13-19-12-11-18-10-9-17-8-7-16/h3,5-6,13,16H,2,4,7-12H2,1H3/b14-13+. The Bertz CT molecular complexity index is 318. The summed E-state index contributed by atoms with van der Waals surface area (Å²) < 4.78 is 15.8. The Labute approximate surface area is 115 Å². The molecule has 108 valence electrons. The van der Waals surface area contributed by atoms with Crippen molar-refractivity contribution in [3.63, 3.8) is 0 Å². The van der Waals surface area contributed by atoms with Crippen molar-refractivity contribution in [3.05, 3.63) is 35.6 Å². The van der Waals surface area contributed by atoms with Crippen molar-refractivity contribution in [2.45, 2.75) is 19.8 Å². The maximum Gasteiger partial charge on any atom is 0.111 e. The highest BCUT2D eigenvalue weighted by Crippen LogP contribution is 2.17. The third-order valence-corrected chi connectivity index (χ3v) is 2.66. The van der Waals surface area contributed by atoms with E-state index in [4.69, 9.17) is 19.3 Å². The van der Waals surface area contributed by atoms with Crippen LogP contribution in [0.25, 0.3) is 0 Å². The quantitative estimate of drug-likeness (QED) is 0.487. The Kier molecular flexibility index (Phi) is 9.06. The van der Waals surface area contributed by atoms with Gasteiger partial charge in [-0.1, -0.05) is 18.2 Å². The number of aliphatic hydroxyl groups excluding tert-OH is 1. The number of hydrogen-bond acceptors (Lipinski definition) is 4. The molecule has 0 unspecified atom stereocenters. The van der Waals surface area contributed by atoms with E-state index >= 15 is 0 Å². The molecule has 0 aromatic rings. The molecule has 0 aromatic carbocycles. The zero-order valence-corrected chi connectivity index (χ0v) is 11.6. The van der Waals surface area contributed by atoms with Gasteiger partial charge in [-0.25, -0.2) is 0 Å². The molecule has 4 nitrogen and oxygen atoms in total. The number of rotatable bonds is 10. The molecule has 0 heterocycles. The molecule has 0 spiro atoms. The Morgan fingerprint density at radius 2 is 1.89 bits per heavy atom. The predicted molar refractivity (Wildman–Crippen MR) is 74.9 cm³/mol. The molecule has 0 aliphatic heterocycles. The maximum atomic E-state index is 8.50. The van der Waals surface area contributed by atoms with E-state index < -0.39 is 0 Å². The lowest BCUT2D eigenvalue weighted by atomic mass is 10.0. The van der Waals surface area contributed by atoms with Gasteiger partial charge < -0.3 is 19.3 Å². The van der Waals surface area contributed by atoms with Crippen molar-refractivity contribution >= 4 is 0 Å². The largest absolute Gasteiger partial charge is 0.498 e. The highest BCUT2D eigenvalue weighted by atomic mass is 16.5. The summed E-state index contributed by atoms with van der Waals surface area (Å²) in [6.45, 7) is 4.58. The molecule has 19 heavy (non-hydrogen) atoms. The fraction of sp³-hybridized carbons (Fsp3) is 0.600. The summed E-state index contributed by atoms with van der Waals surface area (Å²) in [5.41, 5.74) is 2.38. The van der Waals surface area contributed by atoms with E-state index in [1.807, 2.05) is 6.92 Å². The third kappa shape index (κ3) is 7.82. The molecule has 4 heteroatoms. The van der Waals surface area contributed by atoms with Gasteiger partial charge in [-0.05, 0) is 30.9 Å².